The Labute approximate surface area is 164 Å². The van der Waals surface area contributed by atoms with Gasteiger partial charge in [-0.3, -0.25) is 0 Å². The normalized spacial score (nSPS) is 15.4. The van der Waals surface area contributed by atoms with Crippen LogP contribution in [0, 0.1) is 13.8 Å². The van der Waals surface area contributed by atoms with Crippen LogP contribution in [0.2, 0.25) is 0 Å². The van der Waals surface area contributed by atoms with Crippen molar-refractivity contribution in [3.63, 3.8) is 0 Å². The smallest absolute Gasteiger partial charge is 0.241 e. The Bertz CT molecular complexity index is 1110. The van der Waals surface area contributed by atoms with Crippen molar-refractivity contribution in [2.45, 2.75) is 50.5 Å². The summed E-state index contributed by atoms with van der Waals surface area (Å²) >= 11 is 0. The molecule has 0 atom stereocenters. The van der Waals surface area contributed by atoms with Crippen LogP contribution in [0.3, 0.4) is 0 Å². The quantitative estimate of drug-likeness (QED) is 0.700. The number of hydrogen-bond acceptors (Lipinski definition) is 6. The lowest BCUT2D eigenvalue weighted by Crippen LogP contribution is -2.32. The first-order valence-electron chi connectivity index (χ1n) is 9.33. The van der Waals surface area contributed by atoms with E-state index in [1.807, 2.05) is 19.9 Å². The molecule has 0 amide bonds. The Kier molecular flexibility index (Phi) is 4.84. The molecule has 28 heavy (non-hydrogen) atoms. The lowest BCUT2D eigenvalue weighted by molar-refractivity contribution is 0.393. The van der Waals surface area contributed by atoms with Crippen LogP contribution in [0.4, 0.5) is 0 Å². The number of aromatic nitrogens is 2. The van der Waals surface area contributed by atoms with Crippen molar-refractivity contribution < 1.29 is 17.7 Å². The number of methoxy groups -OCH3 is 1. The van der Waals surface area contributed by atoms with Gasteiger partial charge in [0.25, 0.3) is 0 Å². The molecule has 4 rings (SSSR count). The molecule has 0 bridgehead atoms. The van der Waals surface area contributed by atoms with E-state index in [-0.39, 0.29) is 10.9 Å². The summed E-state index contributed by atoms with van der Waals surface area (Å²) in [5, 5.41) is 4.55. The van der Waals surface area contributed by atoms with Crippen LogP contribution < -0.4 is 9.46 Å². The Morgan fingerprint density at radius 3 is 2.57 bits per heavy atom. The molecule has 1 aliphatic rings. The standard InChI is InChI=1S/C20H23N3O4S/c1-12-20(13(2)27-22-12)14-10-17-16(8-9-19(21-17)26-3)18(11-14)28(24,25)23-15-6-4-5-7-15/h8-11,15,23H,4-7H2,1-3H3. The van der Waals surface area contributed by atoms with E-state index in [9.17, 15) is 8.42 Å². The maximum atomic E-state index is 13.2. The van der Waals surface area contributed by atoms with E-state index in [0.29, 0.717) is 33.8 Å². The molecule has 0 aliphatic heterocycles. The fourth-order valence-corrected chi connectivity index (χ4v) is 5.43. The number of pyridine rings is 1. The van der Waals surface area contributed by atoms with E-state index < -0.39 is 10.0 Å². The number of rotatable bonds is 5. The summed E-state index contributed by atoms with van der Waals surface area (Å²) in [4.78, 5) is 4.67. The molecule has 0 radical (unpaired) electrons. The van der Waals surface area contributed by atoms with E-state index in [2.05, 4.69) is 14.9 Å². The van der Waals surface area contributed by atoms with Gasteiger partial charge >= 0.3 is 0 Å². The molecule has 0 unspecified atom stereocenters. The zero-order valence-corrected chi connectivity index (χ0v) is 17.0. The van der Waals surface area contributed by atoms with Crippen molar-refractivity contribution >= 4 is 20.9 Å². The van der Waals surface area contributed by atoms with E-state index >= 15 is 0 Å². The Hall–Kier alpha value is -2.45. The number of nitrogens with zero attached hydrogens (tertiary/aromatic N) is 2. The molecule has 1 aliphatic carbocycles. The Morgan fingerprint density at radius 2 is 1.93 bits per heavy atom. The highest BCUT2D eigenvalue weighted by Gasteiger charge is 2.26. The molecule has 1 N–H and O–H groups in total. The van der Waals surface area contributed by atoms with Gasteiger partial charge in [0.05, 0.1) is 23.2 Å². The van der Waals surface area contributed by atoms with Crippen LogP contribution in [-0.2, 0) is 10.0 Å². The molecule has 0 spiro atoms. The van der Waals surface area contributed by atoms with E-state index in [1.54, 1.807) is 18.2 Å². The van der Waals surface area contributed by atoms with Gasteiger partial charge in [-0.15, -0.1) is 0 Å². The van der Waals surface area contributed by atoms with Crippen molar-refractivity contribution in [2.75, 3.05) is 7.11 Å². The van der Waals surface area contributed by atoms with Gasteiger partial charge in [0.2, 0.25) is 15.9 Å². The maximum Gasteiger partial charge on any atom is 0.241 e. The second-order valence-corrected chi connectivity index (χ2v) is 8.88. The lowest BCUT2D eigenvalue weighted by atomic mass is 10.0. The third kappa shape index (κ3) is 3.38. The average Bonchev–Trinajstić information content (AvgIpc) is 3.29. The zero-order chi connectivity index (χ0) is 19.9. The average molecular weight is 401 g/mol. The molecule has 148 valence electrons. The first-order chi connectivity index (χ1) is 13.4. The van der Waals surface area contributed by atoms with Gasteiger partial charge in [-0.2, -0.15) is 0 Å². The SMILES string of the molecule is COc1ccc2c(S(=O)(=O)NC3CCCC3)cc(-c3c(C)noc3C)cc2n1. The molecule has 1 aromatic carbocycles. The van der Waals surface area contributed by atoms with Gasteiger partial charge in [0, 0.05) is 23.1 Å². The van der Waals surface area contributed by atoms with Crippen LogP contribution in [0.15, 0.2) is 33.7 Å². The summed E-state index contributed by atoms with van der Waals surface area (Å²) in [6.07, 6.45) is 3.83. The van der Waals surface area contributed by atoms with Crippen LogP contribution >= 0.6 is 0 Å². The summed E-state index contributed by atoms with van der Waals surface area (Å²) in [7, 11) is -2.18. The third-order valence-corrected chi connectivity index (χ3v) is 6.80. The van der Waals surface area contributed by atoms with Gasteiger partial charge < -0.3 is 9.26 Å². The number of sulfonamides is 1. The summed E-state index contributed by atoms with van der Waals surface area (Å²) in [5.74, 6) is 1.06. The number of ether oxygens (including phenoxy) is 1. The minimum Gasteiger partial charge on any atom is -0.481 e. The Balaban J connectivity index is 1.93. The topological polar surface area (TPSA) is 94.3 Å². The van der Waals surface area contributed by atoms with Crippen molar-refractivity contribution in [3.8, 4) is 17.0 Å². The minimum absolute atomic E-state index is 0.0195. The van der Waals surface area contributed by atoms with Gasteiger partial charge in [0.1, 0.15) is 5.76 Å². The van der Waals surface area contributed by atoms with Crippen LogP contribution in [0.5, 0.6) is 5.88 Å². The largest absolute Gasteiger partial charge is 0.481 e. The van der Waals surface area contributed by atoms with Gasteiger partial charge in [-0.05, 0) is 50.5 Å². The summed E-state index contributed by atoms with van der Waals surface area (Å²) in [6.45, 7) is 3.64. The number of hydrogen-bond donors (Lipinski definition) is 1. The first-order valence-corrected chi connectivity index (χ1v) is 10.8. The van der Waals surface area contributed by atoms with Crippen molar-refractivity contribution in [2.24, 2.45) is 0 Å². The van der Waals surface area contributed by atoms with Crippen LogP contribution in [0.1, 0.15) is 37.1 Å². The molecular formula is C20H23N3O4S. The first kappa shape index (κ1) is 18.9. The third-order valence-electron chi connectivity index (χ3n) is 5.24. The monoisotopic (exact) mass is 401 g/mol. The van der Waals surface area contributed by atoms with Crippen molar-refractivity contribution in [1.82, 2.24) is 14.9 Å². The number of benzene rings is 1. The molecule has 1 saturated carbocycles. The minimum atomic E-state index is -3.71. The second kappa shape index (κ2) is 7.18. The molecule has 3 aromatic rings. The predicted octanol–water partition coefficient (Wildman–Crippen LogP) is 3.74. The lowest BCUT2D eigenvalue weighted by Gasteiger charge is -2.15. The van der Waals surface area contributed by atoms with Gasteiger partial charge in [0.15, 0.2) is 0 Å². The summed E-state index contributed by atoms with van der Waals surface area (Å²) in [6, 6.07) is 6.92. The molecular weight excluding hydrogens is 378 g/mol. The highest BCUT2D eigenvalue weighted by Crippen LogP contribution is 2.34. The van der Waals surface area contributed by atoms with E-state index in [4.69, 9.17) is 9.26 Å². The molecule has 2 heterocycles. The van der Waals surface area contributed by atoms with Crippen molar-refractivity contribution in [1.29, 1.82) is 0 Å². The van der Waals surface area contributed by atoms with Gasteiger partial charge in [-0.25, -0.2) is 18.1 Å². The molecule has 7 nitrogen and oxygen atoms in total. The summed E-state index contributed by atoms with van der Waals surface area (Å²) < 4.78 is 39.9. The van der Waals surface area contributed by atoms with E-state index in [1.165, 1.54) is 7.11 Å². The molecule has 0 saturated heterocycles. The predicted molar refractivity (Wildman–Crippen MR) is 106 cm³/mol. The highest BCUT2D eigenvalue weighted by molar-refractivity contribution is 7.89. The van der Waals surface area contributed by atoms with E-state index in [0.717, 1.165) is 31.2 Å². The number of nitrogens with one attached hydrogen (secondary N) is 1. The van der Waals surface area contributed by atoms with Crippen molar-refractivity contribution in [3.05, 3.63) is 35.7 Å². The second-order valence-electron chi connectivity index (χ2n) is 7.20. The number of aryl methyl sites for hydroxylation is 2. The maximum absolute atomic E-state index is 13.2. The summed E-state index contributed by atoms with van der Waals surface area (Å²) in [5.41, 5.74) is 2.73. The fraction of sp³-hybridized carbons (Fsp3) is 0.400. The highest BCUT2D eigenvalue weighted by atomic mass is 32.2. The van der Waals surface area contributed by atoms with Crippen LogP contribution in [-0.4, -0.2) is 31.7 Å². The van der Waals surface area contributed by atoms with Crippen LogP contribution in [0.25, 0.3) is 22.0 Å². The molecule has 8 heteroatoms. The molecule has 2 aromatic heterocycles. The molecule has 1 fully saturated rings. The Morgan fingerprint density at radius 1 is 1.18 bits per heavy atom. The van der Waals surface area contributed by atoms with Gasteiger partial charge in [-0.1, -0.05) is 18.0 Å². The zero-order valence-electron chi connectivity index (χ0n) is 16.2. The fourth-order valence-electron chi connectivity index (χ4n) is 3.88. The number of fused-ring (bicyclic) bond motifs is 1.